The van der Waals surface area contributed by atoms with E-state index in [0.29, 0.717) is 6.04 Å². The number of hydrogen-bond acceptors (Lipinski definition) is 3. The Bertz CT molecular complexity index is 528. The summed E-state index contributed by atoms with van der Waals surface area (Å²) in [7, 11) is 6.16. The normalized spacial score (nSPS) is 12.4. The third-order valence-corrected chi connectivity index (χ3v) is 3.57. The summed E-state index contributed by atoms with van der Waals surface area (Å²) >= 11 is 0. The van der Waals surface area contributed by atoms with Crippen LogP contribution in [0.3, 0.4) is 0 Å². The summed E-state index contributed by atoms with van der Waals surface area (Å²) in [4.78, 5) is 6.54. The van der Waals surface area contributed by atoms with E-state index in [0.717, 1.165) is 18.8 Å². The van der Waals surface area contributed by atoms with Gasteiger partial charge in [0, 0.05) is 51.7 Å². The smallest absolute Gasteiger partial charge is 0.110 e. The molecule has 1 atom stereocenters. The number of aromatic nitrogens is 2. The molecule has 1 aromatic carbocycles. The van der Waals surface area contributed by atoms with E-state index < -0.39 is 0 Å². The van der Waals surface area contributed by atoms with Crippen molar-refractivity contribution < 1.29 is 0 Å². The van der Waals surface area contributed by atoms with Crippen molar-refractivity contribution in [2.45, 2.75) is 19.4 Å². The van der Waals surface area contributed by atoms with Crippen molar-refractivity contribution in [2.75, 3.05) is 25.5 Å². The number of aryl methyl sites for hydroxylation is 1. The Labute approximate surface area is 121 Å². The number of nitrogens with zero attached hydrogens (tertiary/aromatic N) is 3. The number of likely N-dealkylation sites (N-methyl/N-ethyl adjacent to an activating group) is 1. The Balaban J connectivity index is 2.17. The van der Waals surface area contributed by atoms with Crippen LogP contribution in [0.5, 0.6) is 0 Å². The third kappa shape index (κ3) is 3.39. The summed E-state index contributed by atoms with van der Waals surface area (Å²) in [5, 5.41) is 3.55. The van der Waals surface area contributed by atoms with E-state index >= 15 is 0 Å². The first-order chi connectivity index (χ1) is 9.61. The Hall–Kier alpha value is -1.81. The van der Waals surface area contributed by atoms with Gasteiger partial charge in [-0.1, -0.05) is 19.1 Å². The van der Waals surface area contributed by atoms with Gasteiger partial charge in [-0.3, -0.25) is 0 Å². The molecule has 20 heavy (non-hydrogen) atoms. The Kier molecular flexibility index (Phi) is 4.79. The predicted molar refractivity (Wildman–Crippen MR) is 84.1 cm³/mol. The van der Waals surface area contributed by atoms with Gasteiger partial charge in [-0.15, -0.1) is 0 Å². The maximum absolute atomic E-state index is 4.42. The van der Waals surface area contributed by atoms with Crippen LogP contribution in [-0.4, -0.2) is 30.2 Å². The molecule has 108 valence electrons. The van der Waals surface area contributed by atoms with Crippen LogP contribution < -0.4 is 10.2 Å². The van der Waals surface area contributed by atoms with E-state index in [2.05, 4.69) is 65.1 Å². The van der Waals surface area contributed by atoms with E-state index in [1.807, 2.05) is 19.4 Å². The molecule has 0 saturated heterocycles. The molecule has 1 heterocycles. The molecular formula is C16H24N4. The summed E-state index contributed by atoms with van der Waals surface area (Å²) in [6.45, 7) is 3.09. The van der Waals surface area contributed by atoms with Gasteiger partial charge >= 0.3 is 0 Å². The lowest BCUT2D eigenvalue weighted by Crippen LogP contribution is -2.24. The minimum atomic E-state index is 0.303. The topological polar surface area (TPSA) is 33.1 Å². The fourth-order valence-corrected chi connectivity index (χ4v) is 2.33. The molecular weight excluding hydrogens is 248 g/mol. The number of benzene rings is 1. The summed E-state index contributed by atoms with van der Waals surface area (Å²) in [6, 6.07) is 9.03. The number of imidazole rings is 1. The van der Waals surface area contributed by atoms with Crippen LogP contribution in [0.2, 0.25) is 0 Å². The zero-order valence-corrected chi connectivity index (χ0v) is 12.8. The summed E-state index contributed by atoms with van der Waals surface area (Å²) in [6.07, 6.45) is 4.75. The van der Waals surface area contributed by atoms with Crippen molar-refractivity contribution in [1.29, 1.82) is 0 Å². The first kappa shape index (κ1) is 14.6. The molecule has 0 saturated carbocycles. The van der Waals surface area contributed by atoms with Crippen LogP contribution in [0.15, 0.2) is 36.7 Å². The van der Waals surface area contributed by atoms with Crippen molar-refractivity contribution in [3.63, 3.8) is 0 Å². The van der Waals surface area contributed by atoms with Gasteiger partial charge in [-0.2, -0.15) is 0 Å². The zero-order chi connectivity index (χ0) is 14.5. The number of nitrogens with one attached hydrogen (secondary N) is 1. The maximum atomic E-state index is 4.42. The van der Waals surface area contributed by atoms with Crippen LogP contribution in [0.25, 0.3) is 0 Å². The van der Waals surface area contributed by atoms with Gasteiger partial charge in [0.2, 0.25) is 0 Å². The molecule has 0 spiro atoms. The quantitative estimate of drug-likeness (QED) is 0.876. The molecule has 2 aromatic rings. The van der Waals surface area contributed by atoms with Crippen molar-refractivity contribution in [3.8, 4) is 0 Å². The van der Waals surface area contributed by atoms with Gasteiger partial charge in [-0.05, 0) is 24.2 Å². The first-order valence-corrected chi connectivity index (χ1v) is 7.08. The average molecular weight is 272 g/mol. The SMILES string of the molecule is CCNC(Cc1nccn1C)c1ccc(N(C)C)cc1. The van der Waals surface area contributed by atoms with Crippen molar-refractivity contribution in [3.05, 3.63) is 48.0 Å². The average Bonchev–Trinajstić information content (AvgIpc) is 2.84. The summed E-state index contributed by atoms with van der Waals surface area (Å²) < 4.78 is 2.08. The second-order valence-corrected chi connectivity index (χ2v) is 5.25. The van der Waals surface area contributed by atoms with Gasteiger partial charge in [-0.25, -0.2) is 4.98 Å². The van der Waals surface area contributed by atoms with Gasteiger partial charge in [0.15, 0.2) is 0 Å². The molecule has 0 bridgehead atoms. The molecule has 4 heteroatoms. The van der Waals surface area contributed by atoms with E-state index in [1.54, 1.807) is 0 Å². The van der Waals surface area contributed by atoms with E-state index in [9.17, 15) is 0 Å². The van der Waals surface area contributed by atoms with Crippen LogP contribution in [0.4, 0.5) is 5.69 Å². The summed E-state index contributed by atoms with van der Waals surface area (Å²) in [5.74, 6) is 1.10. The lowest BCUT2D eigenvalue weighted by atomic mass is 10.0. The second-order valence-electron chi connectivity index (χ2n) is 5.25. The van der Waals surface area contributed by atoms with Crippen molar-refractivity contribution >= 4 is 5.69 Å². The monoisotopic (exact) mass is 272 g/mol. The lowest BCUT2D eigenvalue weighted by molar-refractivity contribution is 0.529. The van der Waals surface area contributed by atoms with Gasteiger partial charge in [0.05, 0.1) is 0 Å². The molecule has 1 aromatic heterocycles. The minimum Gasteiger partial charge on any atom is -0.378 e. The van der Waals surface area contributed by atoms with E-state index in [4.69, 9.17) is 0 Å². The predicted octanol–water partition coefficient (Wildman–Crippen LogP) is 2.38. The number of hydrogen-bond donors (Lipinski definition) is 1. The molecule has 0 radical (unpaired) electrons. The molecule has 0 aliphatic heterocycles. The van der Waals surface area contributed by atoms with Gasteiger partial charge < -0.3 is 14.8 Å². The first-order valence-electron chi connectivity index (χ1n) is 7.08. The van der Waals surface area contributed by atoms with E-state index in [1.165, 1.54) is 11.3 Å². The fourth-order valence-electron chi connectivity index (χ4n) is 2.33. The third-order valence-electron chi connectivity index (χ3n) is 3.57. The highest BCUT2D eigenvalue weighted by molar-refractivity contribution is 5.46. The molecule has 0 aliphatic rings. The standard InChI is InChI=1S/C16H24N4/c1-5-17-15(12-16-18-10-11-20(16)4)13-6-8-14(9-7-13)19(2)3/h6-11,15,17H,5,12H2,1-4H3. The molecule has 1 N–H and O–H groups in total. The largest absolute Gasteiger partial charge is 0.378 e. The highest BCUT2D eigenvalue weighted by atomic mass is 15.1. The highest BCUT2D eigenvalue weighted by Gasteiger charge is 2.13. The molecule has 0 amide bonds. The van der Waals surface area contributed by atoms with Crippen molar-refractivity contribution in [2.24, 2.45) is 7.05 Å². The molecule has 1 unspecified atom stereocenters. The van der Waals surface area contributed by atoms with E-state index in [-0.39, 0.29) is 0 Å². The molecule has 2 rings (SSSR count). The Morgan fingerprint density at radius 2 is 1.95 bits per heavy atom. The molecule has 0 fully saturated rings. The maximum Gasteiger partial charge on any atom is 0.110 e. The Morgan fingerprint density at radius 1 is 1.25 bits per heavy atom. The second kappa shape index (κ2) is 6.57. The van der Waals surface area contributed by atoms with Crippen LogP contribution in [-0.2, 0) is 13.5 Å². The number of anilines is 1. The molecule has 0 aliphatic carbocycles. The van der Waals surface area contributed by atoms with Crippen LogP contribution in [0.1, 0.15) is 24.4 Å². The fraction of sp³-hybridized carbons (Fsp3) is 0.438. The lowest BCUT2D eigenvalue weighted by Gasteiger charge is -2.20. The summed E-state index contributed by atoms with van der Waals surface area (Å²) in [5.41, 5.74) is 2.53. The minimum absolute atomic E-state index is 0.303. The highest BCUT2D eigenvalue weighted by Crippen LogP contribution is 2.20. The van der Waals surface area contributed by atoms with Gasteiger partial charge in [0.1, 0.15) is 5.82 Å². The van der Waals surface area contributed by atoms with Crippen LogP contribution >= 0.6 is 0 Å². The number of rotatable bonds is 6. The Morgan fingerprint density at radius 3 is 2.45 bits per heavy atom. The van der Waals surface area contributed by atoms with Crippen molar-refractivity contribution in [1.82, 2.24) is 14.9 Å². The van der Waals surface area contributed by atoms with Gasteiger partial charge in [0.25, 0.3) is 0 Å². The van der Waals surface area contributed by atoms with Crippen LogP contribution in [0, 0.1) is 0 Å². The molecule has 4 nitrogen and oxygen atoms in total. The zero-order valence-electron chi connectivity index (χ0n) is 12.8.